The van der Waals surface area contributed by atoms with Gasteiger partial charge in [0.15, 0.2) is 5.82 Å². The Morgan fingerprint density at radius 1 is 1.28 bits per heavy atom. The molecule has 3 heterocycles. The number of methoxy groups -OCH3 is 1. The molecule has 0 radical (unpaired) electrons. The summed E-state index contributed by atoms with van der Waals surface area (Å²) >= 11 is 1.30. The minimum atomic E-state index is -0.723. The summed E-state index contributed by atoms with van der Waals surface area (Å²) in [4.78, 5) is 14.8. The van der Waals surface area contributed by atoms with Crippen molar-refractivity contribution in [2.75, 3.05) is 35.7 Å². The van der Waals surface area contributed by atoms with E-state index < -0.39 is 6.10 Å². The fourth-order valence-corrected chi connectivity index (χ4v) is 4.06. The van der Waals surface area contributed by atoms with Crippen molar-refractivity contribution < 1.29 is 40.6 Å². The summed E-state index contributed by atoms with van der Waals surface area (Å²) in [6.45, 7) is 3.70. The van der Waals surface area contributed by atoms with E-state index in [0.717, 1.165) is 36.5 Å². The number of hydrogen-bond donors (Lipinski definition) is 2. The second-order valence-electron chi connectivity index (χ2n) is 7.02. The second-order valence-corrected chi connectivity index (χ2v) is 8.00. The number of ether oxygens (including phenoxy) is 1. The van der Waals surface area contributed by atoms with Gasteiger partial charge in [0, 0.05) is 26.2 Å². The molecule has 1 aliphatic rings. The molecule has 1 fully saturated rings. The maximum absolute atomic E-state index is 12.6. The fraction of sp³-hybridized carbons (Fsp3) is 0.333. The van der Waals surface area contributed by atoms with Gasteiger partial charge in [0.1, 0.15) is 6.10 Å². The molecule has 1 aliphatic heterocycles. The van der Waals surface area contributed by atoms with Gasteiger partial charge in [0.25, 0.3) is 5.91 Å². The van der Waals surface area contributed by atoms with Crippen LogP contribution in [0.15, 0.2) is 36.5 Å². The zero-order valence-corrected chi connectivity index (χ0v) is 23.2. The number of aromatic nitrogens is 4. The Hall–Kier alpha value is -2.06. The summed E-state index contributed by atoms with van der Waals surface area (Å²) in [7, 11) is 1.50. The number of carbonyl (C=O) groups excluding carboxylic acids is 1. The predicted molar refractivity (Wildman–Crippen MR) is 121 cm³/mol. The van der Waals surface area contributed by atoms with Crippen molar-refractivity contribution in [1.82, 2.24) is 20.4 Å². The van der Waals surface area contributed by atoms with E-state index in [4.69, 9.17) is 4.74 Å². The third kappa shape index (κ3) is 6.48. The van der Waals surface area contributed by atoms with Gasteiger partial charge in [-0.25, -0.2) is 0 Å². The molecular weight excluding hydrogens is 652 g/mol. The van der Waals surface area contributed by atoms with Crippen molar-refractivity contribution in [3.05, 3.63) is 61.1 Å². The van der Waals surface area contributed by atoms with Gasteiger partial charge >= 0.3 is 31.1 Å². The Morgan fingerprint density at radius 3 is 2.75 bits per heavy atom. The van der Waals surface area contributed by atoms with Crippen LogP contribution in [0.5, 0.6) is 0 Å². The molecule has 1 unspecified atom stereocenters. The number of nitrogens with one attached hydrogen (secondary N) is 2. The van der Waals surface area contributed by atoms with E-state index in [1.807, 2.05) is 13.0 Å². The van der Waals surface area contributed by atoms with E-state index in [9.17, 15) is 4.79 Å². The number of anilines is 3. The Morgan fingerprint density at radius 2 is 2.03 bits per heavy atom. The van der Waals surface area contributed by atoms with Gasteiger partial charge in [-0.05, 0) is 25.0 Å². The summed E-state index contributed by atoms with van der Waals surface area (Å²) in [5, 5.41) is 23.7. The maximum Gasteiger partial charge on any atom is 2.00 e. The fourth-order valence-electron chi connectivity index (χ4n) is 3.34. The summed E-state index contributed by atoms with van der Waals surface area (Å²) in [5.74, 6) is 0.588. The van der Waals surface area contributed by atoms with Crippen LogP contribution in [0.2, 0.25) is 0 Å². The van der Waals surface area contributed by atoms with Crippen LogP contribution in [0.4, 0.5) is 16.1 Å². The molecule has 2 atom stereocenters. The van der Waals surface area contributed by atoms with Crippen molar-refractivity contribution in [2.24, 2.45) is 0 Å². The molecule has 0 aliphatic carbocycles. The molecule has 1 aromatic carbocycles. The third-order valence-corrected chi connectivity index (χ3v) is 5.56. The SMILES string of the molecule is COC(C(=O)Nc1nnc(N[C@@H]2CCN(c3cc(C)cnn3)C2)s1)c1cc[c-]cc1.[CH3-].[U+2]. The molecule has 1 saturated heterocycles. The zero-order chi connectivity index (χ0) is 20.9. The summed E-state index contributed by atoms with van der Waals surface area (Å²) in [6.07, 6.45) is 1.98. The van der Waals surface area contributed by atoms with E-state index in [-0.39, 0.29) is 50.5 Å². The number of amides is 1. The molecule has 0 spiro atoms. The third-order valence-electron chi connectivity index (χ3n) is 4.79. The van der Waals surface area contributed by atoms with Gasteiger partial charge in [0.05, 0.1) is 6.20 Å². The smallest absolute Gasteiger partial charge is 0.369 e. The van der Waals surface area contributed by atoms with Crippen LogP contribution < -0.4 is 15.5 Å². The number of rotatable bonds is 7. The first-order valence-corrected chi connectivity index (χ1v) is 10.4. The van der Waals surface area contributed by atoms with Crippen LogP contribution in [-0.2, 0) is 9.53 Å². The van der Waals surface area contributed by atoms with Crippen LogP contribution in [-0.4, -0.2) is 52.5 Å². The normalized spacial score (nSPS) is 15.9. The van der Waals surface area contributed by atoms with Crippen LogP contribution in [0.1, 0.15) is 23.7 Å². The predicted octanol–water partition coefficient (Wildman–Crippen LogP) is 2.90. The first-order chi connectivity index (χ1) is 14.6. The number of aryl methyl sites for hydroxylation is 1. The molecule has 2 aromatic heterocycles. The molecule has 11 heteroatoms. The van der Waals surface area contributed by atoms with Gasteiger partial charge < -0.3 is 22.4 Å². The van der Waals surface area contributed by atoms with Gasteiger partial charge in [-0.3, -0.25) is 10.1 Å². The molecule has 4 rings (SSSR count). The molecule has 9 nitrogen and oxygen atoms in total. The zero-order valence-electron chi connectivity index (χ0n) is 18.2. The van der Waals surface area contributed by atoms with E-state index in [0.29, 0.717) is 10.3 Å². The molecule has 0 saturated carbocycles. The average Bonchev–Trinajstić information content (AvgIpc) is 3.39. The van der Waals surface area contributed by atoms with Crippen molar-refractivity contribution in [2.45, 2.75) is 25.5 Å². The van der Waals surface area contributed by atoms with Crippen LogP contribution in [0.25, 0.3) is 0 Å². The Labute approximate surface area is 215 Å². The first kappa shape index (κ1) is 26.2. The van der Waals surface area contributed by atoms with E-state index >= 15 is 0 Å². The molecule has 0 bridgehead atoms. The Balaban J connectivity index is 0.00000181. The van der Waals surface area contributed by atoms with Gasteiger partial charge in [-0.15, -0.1) is 20.9 Å². The number of hydrogen-bond acceptors (Lipinski definition) is 9. The van der Waals surface area contributed by atoms with Crippen molar-refractivity contribution in [3.8, 4) is 0 Å². The van der Waals surface area contributed by atoms with Gasteiger partial charge in [-0.1, -0.05) is 11.3 Å². The maximum atomic E-state index is 12.6. The minimum absolute atomic E-state index is 0. The van der Waals surface area contributed by atoms with Crippen molar-refractivity contribution >= 4 is 33.3 Å². The quantitative estimate of drug-likeness (QED) is 0.369. The Kier molecular flexibility index (Phi) is 10.0. The molecule has 2 N–H and O–H groups in total. The largest absolute Gasteiger partial charge is 2.00 e. The van der Waals surface area contributed by atoms with E-state index in [1.54, 1.807) is 30.5 Å². The molecule has 32 heavy (non-hydrogen) atoms. The number of nitrogens with zero attached hydrogens (tertiary/aromatic N) is 5. The van der Waals surface area contributed by atoms with E-state index in [1.165, 1.54) is 18.4 Å². The van der Waals surface area contributed by atoms with Crippen LogP contribution in [0.3, 0.4) is 0 Å². The van der Waals surface area contributed by atoms with Gasteiger partial charge in [0.2, 0.25) is 10.3 Å². The first-order valence-electron chi connectivity index (χ1n) is 9.56. The monoisotopic (exact) mass is 677 g/mol. The second kappa shape index (κ2) is 12.3. The van der Waals surface area contributed by atoms with E-state index in [2.05, 4.69) is 42.0 Å². The summed E-state index contributed by atoms with van der Waals surface area (Å²) in [6, 6.07) is 12.3. The topological polar surface area (TPSA) is 105 Å². The molecular formula is C21H25N7O2SU. The molecule has 1 amide bonds. The van der Waals surface area contributed by atoms with Crippen LogP contribution in [0, 0.1) is 51.5 Å². The van der Waals surface area contributed by atoms with Gasteiger partial charge in [-0.2, -0.15) is 35.4 Å². The van der Waals surface area contributed by atoms with Crippen molar-refractivity contribution in [1.29, 1.82) is 0 Å². The average molecular weight is 678 g/mol. The number of benzene rings is 1. The summed E-state index contributed by atoms with van der Waals surface area (Å²) < 4.78 is 5.35. The minimum Gasteiger partial charge on any atom is -0.369 e. The molecule has 3 aromatic rings. The van der Waals surface area contributed by atoms with Crippen LogP contribution >= 0.6 is 11.3 Å². The summed E-state index contributed by atoms with van der Waals surface area (Å²) in [5.41, 5.74) is 1.84. The van der Waals surface area contributed by atoms with Crippen molar-refractivity contribution in [3.63, 3.8) is 0 Å². The Bertz CT molecular complexity index is 1000. The molecule has 166 valence electrons. The standard InChI is InChI=1S/C20H22N7O2S.CH3.U/c1-13-10-16(24-21-11-13)27-9-8-15(12-27)22-19-25-26-20(30-19)23-18(28)17(29-2)14-6-4-3-5-7-14;;/h4-7,10-11,15,17H,8-9,12H2,1-2H3,(H,22,25)(H,23,26,28);1H3;/q2*-1;+2/t15-,17?;;/m1../s1. The number of carbonyl (C=O) groups is 1.